The van der Waals surface area contributed by atoms with Gasteiger partial charge in [-0.2, -0.15) is 9.40 Å². The molecule has 0 unspecified atom stereocenters. The topological polar surface area (TPSA) is 72.3 Å². The van der Waals surface area contributed by atoms with Crippen LogP contribution in [0.4, 0.5) is 0 Å². The molecule has 152 valence electrons. The number of carbonyl (C=O) groups excluding carboxylic acids is 1. The van der Waals surface area contributed by atoms with Gasteiger partial charge in [-0.05, 0) is 57.2 Å². The number of piperidine rings is 1. The monoisotopic (exact) mass is 403 g/mol. The number of rotatable bonds is 4. The standard InChI is InChI=1S/C21H29N3O3S/c1-15-6-8-19(9-7-15)28(26,27)23-14-21(4,5)11-10-18(23)13-20(25)24-17(3)12-16(2)22-24/h6-9,12,18H,10-11,13-14H2,1-5H3/t18-/m0/s1. The van der Waals surface area contributed by atoms with Crippen LogP contribution in [0, 0.1) is 26.2 Å². The van der Waals surface area contributed by atoms with Crippen LogP contribution >= 0.6 is 0 Å². The predicted molar refractivity (Wildman–Crippen MR) is 109 cm³/mol. The van der Waals surface area contributed by atoms with Crippen LogP contribution in [0.5, 0.6) is 0 Å². The molecule has 0 aliphatic carbocycles. The van der Waals surface area contributed by atoms with Crippen LogP contribution in [0.1, 0.15) is 54.9 Å². The summed E-state index contributed by atoms with van der Waals surface area (Å²) >= 11 is 0. The minimum Gasteiger partial charge on any atom is -0.273 e. The Morgan fingerprint density at radius 1 is 1.18 bits per heavy atom. The number of sulfonamides is 1. The number of benzene rings is 1. The Bertz CT molecular complexity index is 975. The van der Waals surface area contributed by atoms with Crippen molar-refractivity contribution in [2.45, 2.75) is 64.8 Å². The largest absolute Gasteiger partial charge is 0.273 e. The number of aromatic nitrogens is 2. The van der Waals surface area contributed by atoms with Gasteiger partial charge in [0.25, 0.3) is 0 Å². The van der Waals surface area contributed by atoms with Gasteiger partial charge in [0.2, 0.25) is 15.9 Å². The van der Waals surface area contributed by atoms with E-state index in [2.05, 4.69) is 18.9 Å². The van der Waals surface area contributed by atoms with Gasteiger partial charge in [0.05, 0.1) is 10.6 Å². The first-order valence-electron chi connectivity index (χ1n) is 9.65. The Kier molecular flexibility index (Phi) is 5.51. The first-order valence-corrected chi connectivity index (χ1v) is 11.1. The molecule has 0 spiro atoms. The maximum atomic E-state index is 13.4. The molecule has 28 heavy (non-hydrogen) atoms. The fourth-order valence-electron chi connectivity index (χ4n) is 3.83. The molecular formula is C21H29N3O3S. The average molecular weight is 404 g/mol. The predicted octanol–water partition coefficient (Wildman–Crippen LogP) is 3.72. The molecule has 0 saturated carbocycles. The van der Waals surface area contributed by atoms with Gasteiger partial charge in [0.1, 0.15) is 0 Å². The van der Waals surface area contributed by atoms with E-state index in [4.69, 9.17) is 0 Å². The maximum absolute atomic E-state index is 13.4. The molecule has 1 aromatic carbocycles. The van der Waals surface area contributed by atoms with Gasteiger partial charge < -0.3 is 0 Å². The van der Waals surface area contributed by atoms with Crippen LogP contribution < -0.4 is 0 Å². The first kappa shape index (κ1) is 20.7. The number of hydrogen-bond donors (Lipinski definition) is 0. The van der Waals surface area contributed by atoms with Gasteiger partial charge >= 0.3 is 0 Å². The minimum absolute atomic E-state index is 0.128. The zero-order chi connectivity index (χ0) is 20.7. The van der Waals surface area contributed by atoms with Crippen LogP contribution in [0.3, 0.4) is 0 Å². The summed E-state index contributed by atoms with van der Waals surface area (Å²) in [6.45, 7) is 10.2. The van der Waals surface area contributed by atoms with Gasteiger partial charge in [0.15, 0.2) is 0 Å². The van der Waals surface area contributed by atoms with Gasteiger partial charge in [-0.25, -0.2) is 13.1 Å². The van der Waals surface area contributed by atoms with Crippen molar-refractivity contribution < 1.29 is 13.2 Å². The highest BCUT2D eigenvalue weighted by Crippen LogP contribution is 2.36. The summed E-state index contributed by atoms with van der Waals surface area (Å²) < 4.78 is 29.7. The molecular weight excluding hydrogens is 374 g/mol. The van der Waals surface area contributed by atoms with Gasteiger partial charge in [0, 0.05) is 24.7 Å². The second-order valence-corrected chi connectivity index (χ2v) is 10.5. The average Bonchev–Trinajstić information content (AvgIpc) is 2.95. The van der Waals surface area contributed by atoms with Crippen LogP contribution in [0.2, 0.25) is 0 Å². The quantitative estimate of drug-likeness (QED) is 0.780. The number of carbonyl (C=O) groups is 1. The number of aryl methyl sites for hydroxylation is 3. The lowest BCUT2D eigenvalue weighted by molar-refractivity contribution is 0.0780. The zero-order valence-corrected chi connectivity index (χ0v) is 18.1. The van der Waals surface area contributed by atoms with Crippen molar-refractivity contribution in [1.82, 2.24) is 14.1 Å². The first-order chi connectivity index (χ1) is 13.0. The summed E-state index contributed by atoms with van der Waals surface area (Å²) in [6, 6.07) is 8.38. The van der Waals surface area contributed by atoms with E-state index in [1.54, 1.807) is 24.3 Å². The van der Waals surface area contributed by atoms with Crippen molar-refractivity contribution in [1.29, 1.82) is 0 Å². The molecule has 0 amide bonds. The van der Waals surface area contributed by atoms with E-state index >= 15 is 0 Å². The molecule has 1 aliphatic rings. The van der Waals surface area contributed by atoms with Gasteiger partial charge in [-0.3, -0.25) is 4.79 Å². The van der Waals surface area contributed by atoms with Crippen LogP contribution in [0.15, 0.2) is 35.2 Å². The fourth-order valence-corrected chi connectivity index (χ4v) is 5.67. The van der Waals surface area contributed by atoms with Crippen molar-refractivity contribution in [2.75, 3.05) is 6.54 Å². The summed E-state index contributed by atoms with van der Waals surface area (Å²) in [7, 11) is -3.68. The molecule has 3 rings (SSSR count). The summed E-state index contributed by atoms with van der Waals surface area (Å²) in [5.74, 6) is -0.167. The minimum atomic E-state index is -3.68. The van der Waals surface area contributed by atoms with Gasteiger partial charge in [-0.1, -0.05) is 31.5 Å². The van der Waals surface area contributed by atoms with Crippen molar-refractivity contribution >= 4 is 15.9 Å². The fraction of sp³-hybridized carbons (Fsp3) is 0.524. The maximum Gasteiger partial charge on any atom is 0.248 e. The highest BCUT2D eigenvalue weighted by Gasteiger charge is 2.41. The van der Waals surface area contributed by atoms with E-state index in [1.165, 1.54) is 8.99 Å². The summed E-state index contributed by atoms with van der Waals surface area (Å²) in [4.78, 5) is 13.1. The highest BCUT2D eigenvalue weighted by molar-refractivity contribution is 7.89. The molecule has 2 aromatic rings. The molecule has 2 heterocycles. The second kappa shape index (κ2) is 7.44. The lowest BCUT2D eigenvalue weighted by atomic mass is 9.82. The lowest BCUT2D eigenvalue weighted by Gasteiger charge is -2.42. The lowest BCUT2D eigenvalue weighted by Crippen LogP contribution is -2.50. The number of nitrogens with zero attached hydrogens (tertiary/aromatic N) is 3. The van der Waals surface area contributed by atoms with Crippen molar-refractivity contribution in [2.24, 2.45) is 5.41 Å². The van der Waals surface area contributed by atoms with Gasteiger partial charge in [-0.15, -0.1) is 0 Å². The Balaban J connectivity index is 1.91. The summed E-state index contributed by atoms with van der Waals surface area (Å²) in [5.41, 5.74) is 2.43. The Labute approximate surface area is 167 Å². The third-order valence-corrected chi connectivity index (χ3v) is 7.34. The normalized spacial score (nSPS) is 20.2. The second-order valence-electron chi connectivity index (χ2n) is 8.66. The Morgan fingerprint density at radius 2 is 1.82 bits per heavy atom. The van der Waals surface area contributed by atoms with Crippen LogP contribution in [-0.2, 0) is 10.0 Å². The van der Waals surface area contributed by atoms with E-state index < -0.39 is 10.0 Å². The highest BCUT2D eigenvalue weighted by atomic mass is 32.2. The van der Waals surface area contributed by atoms with E-state index in [1.807, 2.05) is 26.8 Å². The molecule has 0 N–H and O–H groups in total. The van der Waals surface area contributed by atoms with E-state index in [9.17, 15) is 13.2 Å². The molecule has 6 nitrogen and oxygen atoms in total. The summed E-state index contributed by atoms with van der Waals surface area (Å²) in [5, 5.41) is 4.26. The molecule has 0 bridgehead atoms. The third kappa shape index (κ3) is 4.20. The van der Waals surface area contributed by atoms with Crippen LogP contribution in [-0.4, -0.2) is 41.0 Å². The van der Waals surface area contributed by atoms with E-state index in [-0.39, 0.29) is 28.7 Å². The van der Waals surface area contributed by atoms with E-state index in [0.717, 1.165) is 23.4 Å². The summed E-state index contributed by atoms with van der Waals surface area (Å²) in [6.07, 6.45) is 1.66. The Morgan fingerprint density at radius 3 is 2.39 bits per heavy atom. The number of hydrogen-bond acceptors (Lipinski definition) is 4. The molecule has 1 fully saturated rings. The molecule has 1 aliphatic heterocycles. The van der Waals surface area contributed by atoms with Crippen LogP contribution in [0.25, 0.3) is 0 Å². The molecule has 1 aromatic heterocycles. The Hall–Kier alpha value is -1.99. The molecule has 1 atom stereocenters. The zero-order valence-electron chi connectivity index (χ0n) is 17.3. The van der Waals surface area contributed by atoms with E-state index in [0.29, 0.717) is 13.0 Å². The molecule has 0 radical (unpaired) electrons. The van der Waals surface area contributed by atoms with Crippen molar-refractivity contribution in [3.05, 3.63) is 47.3 Å². The third-order valence-electron chi connectivity index (χ3n) is 5.43. The van der Waals surface area contributed by atoms with Crippen molar-refractivity contribution in [3.8, 4) is 0 Å². The molecule has 1 saturated heterocycles. The SMILES string of the molecule is Cc1ccc(S(=O)(=O)N2CC(C)(C)CC[C@H]2CC(=O)n2nc(C)cc2C)cc1. The smallest absolute Gasteiger partial charge is 0.248 e. The molecule has 7 heteroatoms. The van der Waals surface area contributed by atoms with Crippen molar-refractivity contribution in [3.63, 3.8) is 0 Å².